The first-order valence-corrected chi connectivity index (χ1v) is 8.48. The number of pyridine rings is 1. The number of aromatic nitrogens is 2. The number of carbonyl (C=O) groups excluding carboxylic acids is 2. The van der Waals surface area contributed by atoms with Gasteiger partial charge in [-0.25, -0.2) is 4.98 Å². The van der Waals surface area contributed by atoms with E-state index in [1.54, 1.807) is 29.4 Å². The van der Waals surface area contributed by atoms with Crippen LogP contribution in [0.4, 0.5) is 5.69 Å². The molecule has 1 aliphatic heterocycles. The zero-order valence-corrected chi connectivity index (χ0v) is 14.9. The van der Waals surface area contributed by atoms with E-state index < -0.39 is 0 Å². The van der Waals surface area contributed by atoms with E-state index in [4.69, 9.17) is 4.74 Å². The number of ether oxygens (including phenoxy) is 1. The number of methoxy groups -OCH3 is 1. The van der Waals surface area contributed by atoms with Gasteiger partial charge in [-0.05, 0) is 56.2 Å². The predicted molar refractivity (Wildman–Crippen MR) is 98.3 cm³/mol. The van der Waals surface area contributed by atoms with Gasteiger partial charge in [0, 0.05) is 24.0 Å². The van der Waals surface area contributed by atoms with Gasteiger partial charge in [-0.3, -0.25) is 14.0 Å². The summed E-state index contributed by atoms with van der Waals surface area (Å²) in [6.07, 6.45) is 2.56. The zero-order valence-electron chi connectivity index (χ0n) is 14.9. The monoisotopic (exact) mass is 349 g/mol. The lowest BCUT2D eigenvalue weighted by molar-refractivity contribution is 0.0981. The van der Waals surface area contributed by atoms with Crippen molar-refractivity contribution < 1.29 is 14.3 Å². The van der Waals surface area contributed by atoms with Gasteiger partial charge in [0.15, 0.2) is 17.2 Å². The van der Waals surface area contributed by atoms with Crippen molar-refractivity contribution in [2.24, 2.45) is 0 Å². The van der Waals surface area contributed by atoms with Gasteiger partial charge in [0.05, 0.1) is 12.8 Å². The van der Waals surface area contributed by atoms with Gasteiger partial charge in [-0.1, -0.05) is 0 Å². The van der Waals surface area contributed by atoms with E-state index in [9.17, 15) is 9.59 Å². The first-order chi connectivity index (χ1) is 12.5. The molecule has 6 nitrogen and oxygen atoms in total. The quantitative estimate of drug-likeness (QED) is 0.682. The number of amides is 1. The SMILES string of the molecule is COc1cccn2c(C(=O)N3CCc4cc(C(C)=O)ccc43)c(C)nc12. The number of nitrogens with zero attached hydrogens (tertiary/aromatic N) is 3. The number of ketones is 1. The molecule has 2 aromatic heterocycles. The molecule has 3 aromatic rings. The average molecular weight is 349 g/mol. The molecule has 6 heteroatoms. The largest absolute Gasteiger partial charge is 0.493 e. The summed E-state index contributed by atoms with van der Waals surface area (Å²) in [5.41, 5.74) is 4.37. The number of rotatable bonds is 3. The van der Waals surface area contributed by atoms with Gasteiger partial charge in [-0.2, -0.15) is 0 Å². The van der Waals surface area contributed by atoms with E-state index in [0.717, 1.165) is 17.7 Å². The number of imidazole rings is 1. The normalized spacial score (nSPS) is 13.1. The van der Waals surface area contributed by atoms with Crippen molar-refractivity contribution in [3.63, 3.8) is 0 Å². The van der Waals surface area contributed by atoms with Crippen LogP contribution in [0.5, 0.6) is 5.75 Å². The standard InChI is InChI=1S/C20H19N3O3/c1-12-18(23-9-4-5-17(26-3)19(23)21-12)20(25)22-10-8-15-11-14(13(2)24)6-7-16(15)22/h4-7,9,11H,8,10H2,1-3H3. The third-order valence-electron chi connectivity index (χ3n) is 4.84. The maximum absolute atomic E-state index is 13.3. The molecular formula is C20H19N3O3. The maximum atomic E-state index is 13.3. The predicted octanol–water partition coefficient (Wildman–Crippen LogP) is 3.06. The highest BCUT2D eigenvalue weighted by Gasteiger charge is 2.29. The molecular weight excluding hydrogens is 330 g/mol. The Morgan fingerprint density at radius 3 is 2.77 bits per heavy atom. The Bertz CT molecular complexity index is 1050. The molecule has 1 aromatic carbocycles. The van der Waals surface area contributed by atoms with Gasteiger partial charge in [-0.15, -0.1) is 0 Å². The first-order valence-electron chi connectivity index (χ1n) is 8.48. The van der Waals surface area contributed by atoms with Crippen LogP contribution in [-0.4, -0.2) is 34.7 Å². The molecule has 0 spiro atoms. The number of fused-ring (bicyclic) bond motifs is 2. The van der Waals surface area contributed by atoms with Crippen LogP contribution >= 0.6 is 0 Å². The van der Waals surface area contributed by atoms with Crippen LogP contribution in [0.25, 0.3) is 5.65 Å². The van der Waals surface area contributed by atoms with Crippen molar-refractivity contribution in [2.45, 2.75) is 20.3 Å². The smallest absolute Gasteiger partial charge is 0.277 e. The van der Waals surface area contributed by atoms with Crippen molar-refractivity contribution >= 4 is 23.0 Å². The van der Waals surface area contributed by atoms with Crippen LogP contribution in [0.2, 0.25) is 0 Å². The summed E-state index contributed by atoms with van der Waals surface area (Å²) in [5.74, 6) is 0.558. The Kier molecular flexibility index (Phi) is 3.76. The summed E-state index contributed by atoms with van der Waals surface area (Å²) >= 11 is 0. The highest BCUT2D eigenvalue weighted by molar-refractivity contribution is 6.08. The summed E-state index contributed by atoms with van der Waals surface area (Å²) in [5, 5.41) is 0. The molecule has 0 unspecified atom stereocenters. The Hall–Kier alpha value is -3.15. The van der Waals surface area contributed by atoms with Crippen molar-refractivity contribution in [1.82, 2.24) is 9.38 Å². The highest BCUT2D eigenvalue weighted by Crippen LogP contribution is 2.31. The van der Waals surface area contributed by atoms with Crippen LogP contribution in [0.15, 0.2) is 36.5 Å². The lowest BCUT2D eigenvalue weighted by Gasteiger charge is -2.18. The minimum absolute atomic E-state index is 0.0299. The number of hydrogen-bond donors (Lipinski definition) is 0. The molecule has 0 radical (unpaired) electrons. The summed E-state index contributed by atoms with van der Waals surface area (Å²) in [4.78, 5) is 31.2. The van der Waals surface area contributed by atoms with Gasteiger partial charge in [0.2, 0.25) is 0 Å². The fourth-order valence-electron chi connectivity index (χ4n) is 3.53. The van der Waals surface area contributed by atoms with Crippen LogP contribution in [0.1, 0.15) is 39.0 Å². The molecule has 0 N–H and O–H groups in total. The zero-order chi connectivity index (χ0) is 18.4. The second-order valence-electron chi connectivity index (χ2n) is 6.42. The molecule has 4 rings (SSSR count). The molecule has 0 saturated carbocycles. The van der Waals surface area contributed by atoms with Gasteiger partial charge >= 0.3 is 0 Å². The van der Waals surface area contributed by atoms with Crippen molar-refractivity contribution in [3.05, 3.63) is 59.0 Å². The number of hydrogen-bond acceptors (Lipinski definition) is 4. The number of carbonyl (C=O) groups is 2. The lowest BCUT2D eigenvalue weighted by atomic mass is 10.1. The van der Waals surface area contributed by atoms with Gasteiger partial charge in [0.25, 0.3) is 5.91 Å². The molecule has 0 saturated heterocycles. The second-order valence-corrected chi connectivity index (χ2v) is 6.42. The number of Topliss-reactive ketones (excluding diaryl/α,β-unsaturated/α-hetero) is 1. The molecule has 0 bridgehead atoms. The molecule has 3 heterocycles. The molecule has 132 valence electrons. The molecule has 1 amide bonds. The fourth-order valence-corrected chi connectivity index (χ4v) is 3.53. The topological polar surface area (TPSA) is 63.9 Å². The number of benzene rings is 1. The Labute approximate surface area is 151 Å². The summed E-state index contributed by atoms with van der Waals surface area (Å²) in [6, 6.07) is 9.17. The number of anilines is 1. The molecule has 1 aliphatic rings. The third-order valence-corrected chi connectivity index (χ3v) is 4.84. The van der Waals surface area contributed by atoms with Crippen molar-refractivity contribution in [2.75, 3.05) is 18.6 Å². The minimum atomic E-state index is -0.0995. The fraction of sp³-hybridized carbons (Fsp3) is 0.250. The average Bonchev–Trinajstić information content (AvgIpc) is 3.20. The van der Waals surface area contributed by atoms with E-state index in [1.165, 1.54) is 0 Å². The Morgan fingerprint density at radius 1 is 1.23 bits per heavy atom. The first kappa shape index (κ1) is 16.3. The molecule has 0 aliphatic carbocycles. The molecule has 0 fully saturated rings. The van der Waals surface area contributed by atoms with E-state index in [2.05, 4.69) is 4.98 Å². The van der Waals surface area contributed by atoms with Crippen LogP contribution < -0.4 is 9.64 Å². The highest BCUT2D eigenvalue weighted by atomic mass is 16.5. The minimum Gasteiger partial charge on any atom is -0.493 e. The summed E-state index contributed by atoms with van der Waals surface area (Å²) < 4.78 is 7.13. The van der Waals surface area contributed by atoms with E-state index in [-0.39, 0.29) is 11.7 Å². The van der Waals surface area contributed by atoms with E-state index in [1.807, 2.05) is 37.4 Å². The van der Waals surface area contributed by atoms with Crippen LogP contribution in [0, 0.1) is 6.92 Å². The van der Waals surface area contributed by atoms with Crippen molar-refractivity contribution in [3.8, 4) is 5.75 Å². The third kappa shape index (κ3) is 2.37. The van der Waals surface area contributed by atoms with E-state index >= 15 is 0 Å². The Balaban J connectivity index is 1.78. The lowest BCUT2D eigenvalue weighted by Crippen LogP contribution is -2.30. The van der Waals surface area contributed by atoms with Gasteiger partial charge in [0.1, 0.15) is 5.69 Å². The maximum Gasteiger partial charge on any atom is 0.277 e. The number of aryl methyl sites for hydroxylation is 1. The van der Waals surface area contributed by atoms with Crippen LogP contribution in [0.3, 0.4) is 0 Å². The van der Waals surface area contributed by atoms with E-state index in [0.29, 0.717) is 34.9 Å². The second kappa shape index (κ2) is 5.98. The summed E-state index contributed by atoms with van der Waals surface area (Å²) in [7, 11) is 1.59. The molecule has 26 heavy (non-hydrogen) atoms. The van der Waals surface area contributed by atoms with Crippen LogP contribution in [-0.2, 0) is 6.42 Å². The summed E-state index contributed by atoms with van der Waals surface area (Å²) in [6.45, 7) is 3.97. The van der Waals surface area contributed by atoms with Crippen molar-refractivity contribution in [1.29, 1.82) is 0 Å². The van der Waals surface area contributed by atoms with Gasteiger partial charge < -0.3 is 9.64 Å². The Morgan fingerprint density at radius 2 is 2.04 bits per heavy atom. The molecule has 0 atom stereocenters.